The van der Waals surface area contributed by atoms with Gasteiger partial charge in [-0.05, 0) is 24.1 Å². The number of rotatable bonds is 1. The summed E-state index contributed by atoms with van der Waals surface area (Å²) in [5, 5.41) is 1.22. The van der Waals surface area contributed by atoms with Crippen molar-refractivity contribution in [1.82, 2.24) is 4.98 Å². The Balaban J connectivity index is 2.15. The van der Waals surface area contributed by atoms with Crippen molar-refractivity contribution in [1.29, 1.82) is 0 Å². The van der Waals surface area contributed by atoms with Gasteiger partial charge < -0.3 is 10.7 Å². The lowest BCUT2D eigenvalue weighted by Crippen LogP contribution is -1.83. The van der Waals surface area contributed by atoms with Gasteiger partial charge in [0.2, 0.25) is 0 Å². The maximum Gasteiger partial charge on any atom is 0.0481 e. The van der Waals surface area contributed by atoms with E-state index in [9.17, 15) is 0 Å². The minimum absolute atomic E-state index is 0.790. The van der Waals surface area contributed by atoms with Gasteiger partial charge in [0.05, 0.1) is 0 Å². The van der Waals surface area contributed by atoms with E-state index in [0.717, 1.165) is 17.6 Å². The highest BCUT2D eigenvalue weighted by molar-refractivity contribution is 5.96. The second-order valence-electron chi connectivity index (χ2n) is 4.19. The molecule has 1 aromatic carbocycles. The fourth-order valence-electron chi connectivity index (χ4n) is 2.16. The van der Waals surface area contributed by atoms with Crippen molar-refractivity contribution in [3.63, 3.8) is 0 Å². The van der Waals surface area contributed by atoms with Gasteiger partial charge in [0, 0.05) is 28.4 Å². The van der Waals surface area contributed by atoms with E-state index < -0.39 is 0 Å². The number of nitrogens with one attached hydrogen (secondary N) is 1. The Hall–Kier alpha value is -2.22. The molecule has 0 unspecified atom stereocenters. The highest BCUT2D eigenvalue weighted by Crippen LogP contribution is 2.28. The Labute approximate surface area is 100 Å². The molecule has 3 N–H and O–H groups in total. The summed E-state index contributed by atoms with van der Waals surface area (Å²) < 4.78 is 0. The van der Waals surface area contributed by atoms with Gasteiger partial charge in [-0.15, -0.1) is 0 Å². The molecule has 0 saturated carbocycles. The van der Waals surface area contributed by atoms with Crippen LogP contribution in [0.5, 0.6) is 0 Å². The molecular weight excluding hydrogens is 208 g/mol. The topological polar surface area (TPSA) is 41.8 Å². The summed E-state index contributed by atoms with van der Waals surface area (Å²) in [5.74, 6) is 0. The van der Waals surface area contributed by atoms with Crippen LogP contribution in [0.2, 0.25) is 0 Å². The van der Waals surface area contributed by atoms with Gasteiger partial charge >= 0.3 is 0 Å². The van der Waals surface area contributed by atoms with Gasteiger partial charge in [0.1, 0.15) is 0 Å². The number of nitrogens with two attached hydrogens (primary N) is 1. The van der Waals surface area contributed by atoms with Crippen LogP contribution in [0.3, 0.4) is 0 Å². The summed E-state index contributed by atoms with van der Waals surface area (Å²) in [6, 6.07) is 5.99. The molecule has 0 radical (unpaired) electrons. The third kappa shape index (κ3) is 1.78. The molecule has 2 nitrogen and oxygen atoms in total. The number of benzene rings is 1. The van der Waals surface area contributed by atoms with Gasteiger partial charge in [0.15, 0.2) is 0 Å². The van der Waals surface area contributed by atoms with Gasteiger partial charge in [0.25, 0.3) is 0 Å². The fraction of sp³-hybridized carbons (Fsp3) is 0.0667. The Morgan fingerprint density at radius 2 is 2.12 bits per heavy atom. The standard InChI is InChI=1S/C15H14N2/c16-12-7-8-13-14(10-17-15(13)9-12)11-5-3-1-2-4-6-11/h1-3,5-10,17H,4,16H2. The number of aromatic nitrogens is 1. The van der Waals surface area contributed by atoms with E-state index in [1.807, 2.05) is 18.3 Å². The first-order valence-corrected chi connectivity index (χ1v) is 5.75. The number of aromatic amines is 1. The molecular formula is C15H14N2. The highest BCUT2D eigenvalue weighted by Gasteiger charge is 2.06. The Bertz CT molecular complexity index is 642. The van der Waals surface area contributed by atoms with E-state index in [1.165, 1.54) is 16.5 Å². The minimum Gasteiger partial charge on any atom is -0.399 e. The molecule has 1 aliphatic rings. The molecule has 1 heterocycles. The predicted molar refractivity (Wildman–Crippen MR) is 73.6 cm³/mol. The maximum absolute atomic E-state index is 5.78. The number of fused-ring (bicyclic) bond motifs is 1. The number of hydrogen-bond donors (Lipinski definition) is 2. The zero-order valence-corrected chi connectivity index (χ0v) is 9.48. The van der Waals surface area contributed by atoms with E-state index in [-0.39, 0.29) is 0 Å². The zero-order chi connectivity index (χ0) is 11.7. The number of H-pyrrole nitrogens is 1. The quantitative estimate of drug-likeness (QED) is 0.710. The third-order valence-corrected chi connectivity index (χ3v) is 3.01. The summed E-state index contributed by atoms with van der Waals surface area (Å²) in [6.07, 6.45) is 13.7. The fourth-order valence-corrected chi connectivity index (χ4v) is 2.16. The van der Waals surface area contributed by atoms with Gasteiger partial charge in [-0.2, -0.15) is 0 Å². The molecule has 0 saturated heterocycles. The lowest BCUT2D eigenvalue weighted by molar-refractivity contribution is 1.40. The van der Waals surface area contributed by atoms with Crippen LogP contribution in [0, 0.1) is 0 Å². The minimum atomic E-state index is 0.790. The second kappa shape index (κ2) is 3.98. The van der Waals surface area contributed by atoms with Gasteiger partial charge in [-0.3, -0.25) is 0 Å². The van der Waals surface area contributed by atoms with Crippen molar-refractivity contribution in [2.24, 2.45) is 0 Å². The average Bonchev–Trinajstić information content (AvgIpc) is 2.57. The molecule has 17 heavy (non-hydrogen) atoms. The lowest BCUT2D eigenvalue weighted by atomic mass is 10.0. The van der Waals surface area contributed by atoms with E-state index in [4.69, 9.17) is 5.73 Å². The first-order valence-electron chi connectivity index (χ1n) is 5.75. The Morgan fingerprint density at radius 3 is 3.06 bits per heavy atom. The predicted octanol–water partition coefficient (Wildman–Crippen LogP) is 3.65. The molecule has 0 aliphatic heterocycles. The van der Waals surface area contributed by atoms with Crippen molar-refractivity contribution < 1.29 is 0 Å². The highest BCUT2D eigenvalue weighted by atomic mass is 14.7. The summed E-state index contributed by atoms with van der Waals surface area (Å²) in [7, 11) is 0. The smallest absolute Gasteiger partial charge is 0.0481 e. The van der Waals surface area contributed by atoms with Crippen LogP contribution in [-0.2, 0) is 0 Å². The lowest BCUT2D eigenvalue weighted by Gasteiger charge is -2.00. The molecule has 0 atom stereocenters. The van der Waals surface area contributed by atoms with Crippen LogP contribution in [0.1, 0.15) is 12.0 Å². The van der Waals surface area contributed by atoms with Crippen molar-refractivity contribution in [3.8, 4) is 0 Å². The van der Waals surface area contributed by atoms with Crippen molar-refractivity contribution in [2.45, 2.75) is 6.42 Å². The third-order valence-electron chi connectivity index (χ3n) is 3.01. The zero-order valence-electron chi connectivity index (χ0n) is 9.48. The summed E-state index contributed by atoms with van der Waals surface area (Å²) in [6.45, 7) is 0. The molecule has 0 fully saturated rings. The second-order valence-corrected chi connectivity index (χ2v) is 4.19. The van der Waals surface area contributed by atoms with Crippen LogP contribution in [0.15, 0.2) is 54.8 Å². The SMILES string of the molecule is Nc1ccc2c(C3=CCC=CC=C3)c[nH]c2c1. The first kappa shape index (κ1) is 9.97. The van der Waals surface area contributed by atoms with Crippen LogP contribution in [0.4, 0.5) is 5.69 Å². The van der Waals surface area contributed by atoms with Gasteiger partial charge in [-0.1, -0.05) is 36.4 Å². The van der Waals surface area contributed by atoms with Crippen molar-refractivity contribution >= 4 is 22.2 Å². The summed E-state index contributed by atoms with van der Waals surface area (Å²) >= 11 is 0. The average molecular weight is 222 g/mol. The summed E-state index contributed by atoms with van der Waals surface area (Å²) in [5.41, 5.74) is 10.1. The molecule has 0 bridgehead atoms. The molecule has 2 aromatic rings. The van der Waals surface area contributed by atoms with E-state index >= 15 is 0 Å². The molecule has 1 aromatic heterocycles. The Kier molecular flexibility index (Phi) is 2.33. The Morgan fingerprint density at radius 1 is 1.18 bits per heavy atom. The summed E-state index contributed by atoms with van der Waals surface area (Å²) in [4.78, 5) is 3.27. The molecule has 2 heteroatoms. The maximum atomic E-state index is 5.78. The normalized spacial score (nSPS) is 14.9. The van der Waals surface area contributed by atoms with Crippen LogP contribution >= 0.6 is 0 Å². The number of allylic oxidation sites excluding steroid dienone is 6. The van der Waals surface area contributed by atoms with Crippen molar-refractivity contribution in [3.05, 3.63) is 60.3 Å². The van der Waals surface area contributed by atoms with E-state index in [1.54, 1.807) is 0 Å². The van der Waals surface area contributed by atoms with Crippen molar-refractivity contribution in [2.75, 3.05) is 5.73 Å². The van der Waals surface area contributed by atoms with E-state index in [0.29, 0.717) is 0 Å². The largest absolute Gasteiger partial charge is 0.399 e. The first-order chi connectivity index (χ1) is 8.34. The van der Waals surface area contributed by atoms with Crippen LogP contribution in [-0.4, -0.2) is 4.98 Å². The van der Waals surface area contributed by atoms with Crippen LogP contribution < -0.4 is 5.73 Å². The molecule has 3 rings (SSSR count). The van der Waals surface area contributed by atoms with Gasteiger partial charge in [-0.25, -0.2) is 0 Å². The number of hydrogen-bond acceptors (Lipinski definition) is 1. The molecule has 84 valence electrons. The van der Waals surface area contributed by atoms with Crippen LogP contribution in [0.25, 0.3) is 16.5 Å². The number of anilines is 1. The molecule has 0 amide bonds. The molecule has 0 spiro atoms. The molecule has 1 aliphatic carbocycles. The monoisotopic (exact) mass is 222 g/mol. The number of nitrogen functional groups attached to an aromatic ring is 1. The van der Waals surface area contributed by atoms with E-state index in [2.05, 4.69) is 41.4 Å².